The van der Waals surface area contributed by atoms with Crippen molar-refractivity contribution in [2.45, 2.75) is 26.8 Å². The Morgan fingerprint density at radius 1 is 1.00 bits per heavy atom. The van der Waals surface area contributed by atoms with Gasteiger partial charge in [-0.05, 0) is 78.8 Å². The largest absolute Gasteiger partial charge is 0.379 e. The summed E-state index contributed by atoms with van der Waals surface area (Å²) in [6.07, 6.45) is 0. The van der Waals surface area contributed by atoms with E-state index in [-0.39, 0.29) is 0 Å². The van der Waals surface area contributed by atoms with Crippen LogP contribution in [0.2, 0.25) is 0 Å². The Bertz CT molecular complexity index is 531. The Morgan fingerprint density at radius 2 is 1.67 bits per heavy atom. The van der Waals surface area contributed by atoms with E-state index < -0.39 is 0 Å². The Balaban J connectivity index is 2.16. The first-order chi connectivity index (χ1) is 8.56. The third-order valence-electron chi connectivity index (χ3n) is 3.12. The third-order valence-corrected chi connectivity index (χ3v) is 3.84. The van der Waals surface area contributed by atoms with Gasteiger partial charge in [0, 0.05) is 15.3 Å². The topological polar surface area (TPSA) is 12.0 Å². The standard InChI is InChI=1S/C16H18IN/c1-11-4-9-16(12(2)10-11)13(3)18-15-7-5-14(17)6-8-15/h4-10,13,18H,1-3H3. The molecule has 2 heteroatoms. The number of halogens is 1. The monoisotopic (exact) mass is 351 g/mol. The lowest BCUT2D eigenvalue weighted by atomic mass is 10.00. The third kappa shape index (κ3) is 3.25. The zero-order valence-electron chi connectivity index (χ0n) is 11.0. The molecule has 0 aliphatic carbocycles. The molecule has 0 spiro atoms. The molecule has 0 aliphatic rings. The van der Waals surface area contributed by atoms with E-state index in [1.807, 2.05) is 0 Å². The maximum atomic E-state index is 3.54. The molecule has 94 valence electrons. The summed E-state index contributed by atoms with van der Waals surface area (Å²) in [5.74, 6) is 0. The number of anilines is 1. The predicted molar refractivity (Wildman–Crippen MR) is 87.1 cm³/mol. The van der Waals surface area contributed by atoms with Gasteiger partial charge in [-0.25, -0.2) is 0 Å². The van der Waals surface area contributed by atoms with Gasteiger partial charge in [-0.3, -0.25) is 0 Å². The van der Waals surface area contributed by atoms with Gasteiger partial charge >= 0.3 is 0 Å². The molecule has 0 saturated heterocycles. The van der Waals surface area contributed by atoms with Crippen LogP contribution >= 0.6 is 22.6 Å². The van der Waals surface area contributed by atoms with Crippen molar-refractivity contribution in [2.24, 2.45) is 0 Å². The normalized spacial score (nSPS) is 12.2. The van der Waals surface area contributed by atoms with Crippen LogP contribution in [0.25, 0.3) is 0 Å². The van der Waals surface area contributed by atoms with Gasteiger partial charge in [0.1, 0.15) is 0 Å². The van der Waals surface area contributed by atoms with E-state index in [1.165, 1.54) is 25.9 Å². The Morgan fingerprint density at radius 3 is 2.28 bits per heavy atom. The molecule has 0 bridgehead atoms. The average molecular weight is 351 g/mol. The summed E-state index contributed by atoms with van der Waals surface area (Å²) < 4.78 is 1.26. The van der Waals surface area contributed by atoms with Gasteiger partial charge in [-0.15, -0.1) is 0 Å². The highest BCUT2D eigenvalue weighted by Gasteiger charge is 2.08. The predicted octanol–water partition coefficient (Wildman–Crippen LogP) is 5.08. The molecule has 0 aliphatic heterocycles. The Labute approximate surface area is 123 Å². The summed E-state index contributed by atoms with van der Waals surface area (Å²) >= 11 is 2.32. The molecule has 1 atom stereocenters. The molecule has 0 aromatic heterocycles. The first kappa shape index (κ1) is 13.4. The van der Waals surface area contributed by atoms with Crippen molar-refractivity contribution in [2.75, 3.05) is 5.32 Å². The highest BCUT2D eigenvalue weighted by molar-refractivity contribution is 14.1. The summed E-state index contributed by atoms with van der Waals surface area (Å²) in [6.45, 7) is 6.51. The van der Waals surface area contributed by atoms with E-state index in [9.17, 15) is 0 Å². The van der Waals surface area contributed by atoms with Crippen LogP contribution < -0.4 is 5.32 Å². The fourth-order valence-electron chi connectivity index (χ4n) is 2.19. The molecule has 1 nitrogen and oxygen atoms in total. The first-order valence-electron chi connectivity index (χ1n) is 6.15. The van der Waals surface area contributed by atoms with Gasteiger partial charge in [-0.1, -0.05) is 23.8 Å². The molecular formula is C16H18IN. The molecule has 0 heterocycles. The molecule has 0 radical (unpaired) electrons. The zero-order valence-corrected chi connectivity index (χ0v) is 13.2. The van der Waals surface area contributed by atoms with Gasteiger partial charge in [0.15, 0.2) is 0 Å². The molecule has 1 unspecified atom stereocenters. The number of hydrogen-bond donors (Lipinski definition) is 1. The molecule has 0 fully saturated rings. The second-order valence-electron chi connectivity index (χ2n) is 4.73. The van der Waals surface area contributed by atoms with Gasteiger partial charge in [-0.2, -0.15) is 0 Å². The van der Waals surface area contributed by atoms with Gasteiger partial charge < -0.3 is 5.32 Å². The SMILES string of the molecule is Cc1ccc(C(C)Nc2ccc(I)cc2)c(C)c1. The van der Waals surface area contributed by atoms with Crippen molar-refractivity contribution in [1.29, 1.82) is 0 Å². The van der Waals surface area contributed by atoms with Crippen molar-refractivity contribution in [3.8, 4) is 0 Å². The lowest BCUT2D eigenvalue weighted by Gasteiger charge is -2.18. The minimum absolute atomic E-state index is 0.325. The minimum atomic E-state index is 0.325. The van der Waals surface area contributed by atoms with E-state index in [0.29, 0.717) is 6.04 Å². The molecule has 2 aromatic carbocycles. The van der Waals surface area contributed by atoms with Gasteiger partial charge in [0.2, 0.25) is 0 Å². The van der Waals surface area contributed by atoms with Crippen LogP contribution in [0, 0.1) is 17.4 Å². The van der Waals surface area contributed by atoms with Crippen LogP contribution in [-0.4, -0.2) is 0 Å². The quantitative estimate of drug-likeness (QED) is 0.761. The van der Waals surface area contributed by atoms with Crippen molar-refractivity contribution in [3.63, 3.8) is 0 Å². The summed E-state index contributed by atoms with van der Waals surface area (Å²) in [5.41, 5.74) is 5.19. The summed E-state index contributed by atoms with van der Waals surface area (Å²) in [4.78, 5) is 0. The van der Waals surface area contributed by atoms with Gasteiger partial charge in [0.25, 0.3) is 0 Å². The van der Waals surface area contributed by atoms with Crippen molar-refractivity contribution in [3.05, 3.63) is 62.7 Å². The number of hydrogen-bond acceptors (Lipinski definition) is 1. The Kier molecular flexibility index (Phi) is 4.27. The lowest BCUT2D eigenvalue weighted by molar-refractivity contribution is 0.873. The summed E-state index contributed by atoms with van der Waals surface area (Å²) in [6, 6.07) is 15.5. The van der Waals surface area contributed by atoms with E-state index in [2.05, 4.69) is 91.1 Å². The maximum Gasteiger partial charge on any atom is 0.0488 e. The molecule has 0 amide bonds. The van der Waals surface area contributed by atoms with E-state index >= 15 is 0 Å². The first-order valence-corrected chi connectivity index (χ1v) is 7.23. The lowest BCUT2D eigenvalue weighted by Crippen LogP contribution is -2.08. The fraction of sp³-hybridized carbons (Fsp3) is 0.250. The summed E-state index contributed by atoms with van der Waals surface area (Å²) in [7, 11) is 0. The highest BCUT2D eigenvalue weighted by atomic mass is 127. The molecule has 0 saturated carbocycles. The smallest absolute Gasteiger partial charge is 0.0488 e. The van der Waals surface area contributed by atoms with Gasteiger partial charge in [0.05, 0.1) is 0 Å². The Hall–Kier alpha value is -1.03. The van der Waals surface area contributed by atoms with Crippen LogP contribution in [0.5, 0.6) is 0 Å². The number of aryl methyl sites for hydroxylation is 2. The van der Waals surface area contributed by atoms with Crippen molar-refractivity contribution >= 4 is 28.3 Å². The van der Waals surface area contributed by atoms with Crippen LogP contribution in [0.1, 0.15) is 29.7 Å². The molecule has 18 heavy (non-hydrogen) atoms. The van der Waals surface area contributed by atoms with Crippen molar-refractivity contribution < 1.29 is 0 Å². The second kappa shape index (κ2) is 5.74. The van der Waals surface area contributed by atoms with Crippen LogP contribution in [-0.2, 0) is 0 Å². The van der Waals surface area contributed by atoms with E-state index in [1.54, 1.807) is 0 Å². The maximum absolute atomic E-state index is 3.54. The van der Waals surface area contributed by atoms with Crippen LogP contribution in [0.15, 0.2) is 42.5 Å². The second-order valence-corrected chi connectivity index (χ2v) is 5.98. The van der Waals surface area contributed by atoms with E-state index in [4.69, 9.17) is 0 Å². The number of rotatable bonds is 3. The minimum Gasteiger partial charge on any atom is -0.379 e. The number of benzene rings is 2. The molecule has 2 rings (SSSR count). The van der Waals surface area contributed by atoms with Crippen LogP contribution in [0.3, 0.4) is 0 Å². The molecule has 1 N–H and O–H groups in total. The van der Waals surface area contributed by atoms with Crippen LogP contribution in [0.4, 0.5) is 5.69 Å². The van der Waals surface area contributed by atoms with E-state index in [0.717, 1.165) is 0 Å². The molecule has 2 aromatic rings. The summed E-state index contributed by atoms with van der Waals surface area (Å²) in [5, 5.41) is 3.54. The molecular weight excluding hydrogens is 333 g/mol. The highest BCUT2D eigenvalue weighted by Crippen LogP contribution is 2.23. The zero-order chi connectivity index (χ0) is 13.1. The number of nitrogens with one attached hydrogen (secondary N) is 1. The fourth-order valence-corrected chi connectivity index (χ4v) is 2.54. The average Bonchev–Trinajstić information content (AvgIpc) is 2.32. The van der Waals surface area contributed by atoms with Crippen molar-refractivity contribution in [1.82, 2.24) is 0 Å².